The molecule has 25 heavy (non-hydrogen) atoms. The van der Waals surface area contributed by atoms with E-state index in [0.717, 1.165) is 15.6 Å². The van der Waals surface area contributed by atoms with E-state index in [2.05, 4.69) is 20.6 Å². The van der Waals surface area contributed by atoms with E-state index in [1.54, 1.807) is 11.3 Å². The fraction of sp³-hybridized carbons (Fsp3) is 0.412. The SMILES string of the molecule is CCNC(=NCc1sc(C)nc1C)NCCc1c(F)cccc1F.I. The zero-order valence-corrected chi connectivity index (χ0v) is 17.7. The van der Waals surface area contributed by atoms with Gasteiger partial charge in [-0.1, -0.05) is 6.07 Å². The van der Waals surface area contributed by atoms with Crippen LogP contribution in [0.25, 0.3) is 0 Å². The van der Waals surface area contributed by atoms with Crippen molar-refractivity contribution in [3.63, 3.8) is 0 Å². The van der Waals surface area contributed by atoms with Gasteiger partial charge in [-0.05, 0) is 39.3 Å². The van der Waals surface area contributed by atoms with E-state index in [-0.39, 0.29) is 36.0 Å². The Morgan fingerprint density at radius 1 is 1.20 bits per heavy atom. The van der Waals surface area contributed by atoms with Crippen LogP contribution in [0.5, 0.6) is 0 Å². The summed E-state index contributed by atoms with van der Waals surface area (Å²) in [5.41, 5.74) is 1.08. The highest BCUT2D eigenvalue weighted by Gasteiger charge is 2.09. The summed E-state index contributed by atoms with van der Waals surface area (Å²) < 4.78 is 27.2. The van der Waals surface area contributed by atoms with Gasteiger partial charge >= 0.3 is 0 Å². The number of nitrogens with zero attached hydrogens (tertiary/aromatic N) is 2. The molecule has 0 unspecified atom stereocenters. The molecule has 0 saturated heterocycles. The Morgan fingerprint density at radius 2 is 1.88 bits per heavy atom. The van der Waals surface area contributed by atoms with Gasteiger partial charge in [0.25, 0.3) is 0 Å². The number of rotatable bonds is 6. The Balaban J connectivity index is 0.00000312. The third-order valence-electron chi connectivity index (χ3n) is 3.45. The van der Waals surface area contributed by atoms with E-state index in [0.29, 0.717) is 25.6 Å². The van der Waals surface area contributed by atoms with E-state index in [1.807, 2.05) is 20.8 Å². The number of benzene rings is 1. The molecule has 0 spiro atoms. The fourth-order valence-electron chi connectivity index (χ4n) is 2.29. The number of hydrogen-bond donors (Lipinski definition) is 2. The van der Waals surface area contributed by atoms with Gasteiger partial charge in [0.2, 0.25) is 0 Å². The van der Waals surface area contributed by atoms with Crippen LogP contribution in [0.3, 0.4) is 0 Å². The largest absolute Gasteiger partial charge is 0.357 e. The standard InChI is InChI=1S/C17H22F2N4S.HI/c1-4-20-17(22-10-16-11(2)23-12(3)24-16)21-9-8-13-14(18)6-5-7-15(13)19;/h5-7H,4,8-10H2,1-3H3,(H2,20,21,22);1H. The van der Waals surface area contributed by atoms with Crippen molar-refractivity contribution in [3.05, 3.63) is 51.0 Å². The van der Waals surface area contributed by atoms with Crippen LogP contribution < -0.4 is 10.6 Å². The van der Waals surface area contributed by atoms with Gasteiger partial charge in [0, 0.05) is 23.5 Å². The molecule has 2 N–H and O–H groups in total. The van der Waals surface area contributed by atoms with Crippen molar-refractivity contribution in [2.45, 2.75) is 33.7 Å². The summed E-state index contributed by atoms with van der Waals surface area (Å²) in [6.45, 7) is 7.54. The van der Waals surface area contributed by atoms with Crippen LogP contribution in [0.2, 0.25) is 0 Å². The minimum atomic E-state index is -0.519. The van der Waals surface area contributed by atoms with Crippen molar-refractivity contribution in [2.24, 2.45) is 4.99 Å². The fourth-order valence-corrected chi connectivity index (χ4v) is 3.15. The number of guanidine groups is 1. The Bertz CT molecular complexity index is 698. The smallest absolute Gasteiger partial charge is 0.191 e. The molecular weight excluding hydrogens is 457 g/mol. The molecule has 0 aliphatic heterocycles. The van der Waals surface area contributed by atoms with Gasteiger partial charge in [0.1, 0.15) is 11.6 Å². The van der Waals surface area contributed by atoms with Crippen LogP contribution in [0.4, 0.5) is 8.78 Å². The number of aryl methyl sites for hydroxylation is 2. The molecule has 0 aliphatic carbocycles. The zero-order valence-electron chi connectivity index (χ0n) is 14.5. The molecule has 0 atom stereocenters. The molecule has 0 saturated carbocycles. The molecule has 8 heteroatoms. The molecule has 2 aromatic rings. The third kappa shape index (κ3) is 6.50. The van der Waals surface area contributed by atoms with E-state index < -0.39 is 11.6 Å². The van der Waals surface area contributed by atoms with Gasteiger partial charge in [0.05, 0.1) is 17.2 Å². The quantitative estimate of drug-likeness (QED) is 0.374. The second-order valence-electron chi connectivity index (χ2n) is 5.31. The monoisotopic (exact) mass is 480 g/mol. The topological polar surface area (TPSA) is 49.3 Å². The van der Waals surface area contributed by atoms with Crippen LogP contribution in [0.15, 0.2) is 23.2 Å². The second-order valence-corrected chi connectivity index (χ2v) is 6.60. The molecule has 4 nitrogen and oxygen atoms in total. The maximum absolute atomic E-state index is 13.6. The first-order chi connectivity index (χ1) is 11.5. The molecule has 0 radical (unpaired) electrons. The number of thiazole rings is 1. The molecule has 2 rings (SSSR count). The van der Waals surface area contributed by atoms with Gasteiger partial charge in [-0.25, -0.2) is 18.8 Å². The number of aromatic nitrogens is 1. The first kappa shape index (κ1) is 21.8. The molecule has 0 amide bonds. The Hall–Kier alpha value is -1.29. The number of hydrogen-bond acceptors (Lipinski definition) is 3. The van der Waals surface area contributed by atoms with Crippen LogP contribution in [0, 0.1) is 25.5 Å². The summed E-state index contributed by atoms with van der Waals surface area (Å²) in [6, 6.07) is 3.91. The third-order valence-corrected chi connectivity index (χ3v) is 4.51. The average Bonchev–Trinajstić information content (AvgIpc) is 2.85. The van der Waals surface area contributed by atoms with Gasteiger partial charge in [-0.15, -0.1) is 35.3 Å². The lowest BCUT2D eigenvalue weighted by Gasteiger charge is -2.11. The predicted octanol–water partition coefficient (Wildman–Crippen LogP) is 3.95. The number of aliphatic imine (C=N–C) groups is 1. The minimum Gasteiger partial charge on any atom is -0.357 e. The molecule has 1 heterocycles. The highest BCUT2D eigenvalue weighted by Crippen LogP contribution is 2.17. The van der Waals surface area contributed by atoms with Crippen molar-refractivity contribution in [1.82, 2.24) is 15.6 Å². The van der Waals surface area contributed by atoms with E-state index in [1.165, 1.54) is 18.2 Å². The van der Waals surface area contributed by atoms with Crippen LogP contribution >= 0.6 is 35.3 Å². The molecule has 0 fully saturated rings. The van der Waals surface area contributed by atoms with Gasteiger partial charge in [0.15, 0.2) is 5.96 Å². The van der Waals surface area contributed by atoms with Crippen molar-refractivity contribution >= 4 is 41.3 Å². The lowest BCUT2D eigenvalue weighted by Crippen LogP contribution is -2.38. The lowest BCUT2D eigenvalue weighted by atomic mass is 10.1. The maximum atomic E-state index is 13.6. The summed E-state index contributed by atoms with van der Waals surface area (Å²) in [5, 5.41) is 7.26. The molecule has 0 bridgehead atoms. The summed E-state index contributed by atoms with van der Waals surface area (Å²) in [4.78, 5) is 10.0. The summed E-state index contributed by atoms with van der Waals surface area (Å²) >= 11 is 1.63. The summed E-state index contributed by atoms with van der Waals surface area (Å²) in [5.74, 6) is -0.413. The number of halogens is 3. The van der Waals surface area contributed by atoms with E-state index >= 15 is 0 Å². The average molecular weight is 480 g/mol. The molecule has 1 aromatic carbocycles. The maximum Gasteiger partial charge on any atom is 0.191 e. The van der Waals surface area contributed by atoms with Crippen molar-refractivity contribution < 1.29 is 8.78 Å². The minimum absolute atomic E-state index is 0. The predicted molar refractivity (Wildman–Crippen MR) is 110 cm³/mol. The highest BCUT2D eigenvalue weighted by atomic mass is 127. The lowest BCUT2D eigenvalue weighted by molar-refractivity contribution is 0.553. The second kappa shape index (κ2) is 10.6. The first-order valence-electron chi connectivity index (χ1n) is 7.89. The zero-order chi connectivity index (χ0) is 17.5. The Morgan fingerprint density at radius 3 is 2.44 bits per heavy atom. The highest BCUT2D eigenvalue weighted by molar-refractivity contribution is 14.0. The molecular formula is C17H23F2IN4S. The normalized spacial score (nSPS) is 11.2. The Kier molecular flexibility index (Phi) is 9.26. The van der Waals surface area contributed by atoms with Gasteiger partial charge in [-0.2, -0.15) is 0 Å². The Labute approximate surface area is 168 Å². The van der Waals surface area contributed by atoms with Gasteiger partial charge < -0.3 is 10.6 Å². The first-order valence-corrected chi connectivity index (χ1v) is 8.71. The van der Waals surface area contributed by atoms with Crippen LogP contribution in [0.1, 0.15) is 28.1 Å². The van der Waals surface area contributed by atoms with Crippen molar-refractivity contribution in [2.75, 3.05) is 13.1 Å². The summed E-state index contributed by atoms with van der Waals surface area (Å²) in [7, 11) is 0. The van der Waals surface area contributed by atoms with Crippen molar-refractivity contribution in [1.29, 1.82) is 0 Å². The molecule has 138 valence electrons. The van der Waals surface area contributed by atoms with Crippen LogP contribution in [-0.2, 0) is 13.0 Å². The van der Waals surface area contributed by atoms with Crippen molar-refractivity contribution in [3.8, 4) is 0 Å². The summed E-state index contributed by atoms with van der Waals surface area (Å²) in [6.07, 6.45) is 0.252. The van der Waals surface area contributed by atoms with Crippen LogP contribution in [-0.4, -0.2) is 24.0 Å². The molecule has 1 aromatic heterocycles. The van der Waals surface area contributed by atoms with E-state index in [9.17, 15) is 8.78 Å². The molecule has 0 aliphatic rings. The van der Waals surface area contributed by atoms with Gasteiger partial charge in [-0.3, -0.25) is 0 Å². The number of nitrogens with one attached hydrogen (secondary N) is 2. The van der Waals surface area contributed by atoms with E-state index in [4.69, 9.17) is 0 Å².